The molecule has 1 atom stereocenters. The maximum Gasteiger partial charge on any atom is 0.350 e. The van der Waals surface area contributed by atoms with Crippen LogP contribution in [0.25, 0.3) is 0 Å². The van der Waals surface area contributed by atoms with Crippen LogP contribution in [0.15, 0.2) is 0 Å². The fourth-order valence-corrected chi connectivity index (χ4v) is 2.94. The van der Waals surface area contributed by atoms with Gasteiger partial charge in [0.15, 0.2) is 0 Å². The molecule has 3 N–H and O–H groups in total. The molecule has 0 bridgehead atoms. The van der Waals surface area contributed by atoms with Crippen molar-refractivity contribution in [2.45, 2.75) is 40.2 Å². The molecule has 1 unspecified atom stereocenters. The van der Waals surface area contributed by atoms with Crippen molar-refractivity contribution < 1.29 is 9.53 Å². The SMILES string of the molecule is CCOC(=O)c1sc(NC(CC)C(C)C)c(C#N)c1N. The van der Waals surface area contributed by atoms with E-state index in [4.69, 9.17) is 10.5 Å². The lowest BCUT2D eigenvalue weighted by molar-refractivity contribution is 0.0533. The smallest absolute Gasteiger partial charge is 0.350 e. The Labute approximate surface area is 123 Å². The van der Waals surface area contributed by atoms with E-state index in [1.165, 1.54) is 11.3 Å². The number of hydrogen-bond donors (Lipinski definition) is 2. The summed E-state index contributed by atoms with van der Waals surface area (Å²) >= 11 is 1.19. The molecule has 1 aromatic rings. The molecule has 110 valence electrons. The zero-order chi connectivity index (χ0) is 15.3. The number of hydrogen-bond acceptors (Lipinski definition) is 6. The molecule has 0 amide bonds. The van der Waals surface area contributed by atoms with E-state index >= 15 is 0 Å². The Bertz CT molecular complexity index is 517. The molecule has 0 aliphatic carbocycles. The quantitative estimate of drug-likeness (QED) is 0.787. The highest BCUT2D eigenvalue weighted by atomic mass is 32.1. The third-order valence-corrected chi connectivity index (χ3v) is 4.20. The Balaban J connectivity index is 3.12. The number of nitrogens with two attached hydrogens (primary N) is 1. The van der Waals surface area contributed by atoms with Crippen LogP contribution in [0, 0.1) is 17.2 Å². The maximum absolute atomic E-state index is 11.8. The molecule has 6 heteroatoms. The lowest BCUT2D eigenvalue weighted by Gasteiger charge is -2.21. The molecule has 1 rings (SSSR count). The number of carbonyl (C=O) groups is 1. The molecule has 0 saturated heterocycles. The third kappa shape index (κ3) is 3.42. The topological polar surface area (TPSA) is 88.1 Å². The lowest BCUT2D eigenvalue weighted by Crippen LogP contribution is -2.24. The van der Waals surface area contributed by atoms with Crippen LogP contribution in [0.3, 0.4) is 0 Å². The molecule has 20 heavy (non-hydrogen) atoms. The maximum atomic E-state index is 11.8. The average molecular weight is 295 g/mol. The zero-order valence-electron chi connectivity index (χ0n) is 12.3. The second kappa shape index (κ2) is 7.15. The number of anilines is 2. The Kier molecular flexibility index (Phi) is 5.83. The van der Waals surface area contributed by atoms with Gasteiger partial charge in [-0.1, -0.05) is 20.8 Å². The van der Waals surface area contributed by atoms with Crippen LogP contribution < -0.4 is 11.1 Å². The minimum Gasteiger partial charge on any atom is -0.462 e. The van der Waals surface area contributed by atoms with E-state index in [2.05, 4.69) is 32.2 Å². The number of nitrogens with zero attached hydrogens (tertiary/aromatic N) is 1. The largest absolute Gasteiger partial charge is 0.462 e. The number of esters is 1. The van der Waals surface area contributed by atoms with Crippen LogP contribution in [0.4, 0.5) is 10.7 Å². The standard InChI is InChI=1S/C14H21N3O2S/c1-5-10(8(3)4)17-13-9(7-15)11(16)12(20-13)14(18)19-6-2/h8,10,17H,5-6,16H2,1-4H3. The van der Waals surface area contributed by atoms with Gasteiger partial charge in [-0.05, 0) is 19.3 Å². The third-order valence-electron chi connectivity index (χ3n) is 3.08. The minimum atomic E-state index is -0.475. The summed E-state index contributed by atoms with van der Waals surface area (Å²) in [5.41, 5.74) is 6.42. The summed E-state index contributed by atoms with van der Waals surface area (Å²) < 4.78 is 4.95. The first-order chi connectivity index (χ1) is 9.46. The monoisotopic (exact) mass is 295 g/mol. The van der Waals surface area contributed by atoms with Crippen LogP contribution in [-0.2, 0) is 4.74 Å². The van der Waals surface area contributed by atoms with Crippen molar-refractivity contribution in [3.05, 3.63) is 10.4 Å². The van der Waals surface area contributed by atoms with Gasteiger partial charge in [0.25, 0.3) is 0 Å². The first-order valence-electron chi connectivity index (χ1n) is 6.72. The number of carbonyl (C=O) groups excluding carboxylic acids is 1. The van der Waals surface area contributed by atoms with Gasteiger partial charge in [-0.15, -0.1) is 11.3 Å². The van der Waals surface area contributed by atoms with E-state index in [9.17, 15) is 10.1 Å². The van der Waals surface area contributed by atoms with Crippen LogP contribution in [-0.4, -0.2) is 18.6 Å². The van der Waals surface area contributed by atoms with Gasteiger partial charge in [0.1, 0.15) is 21.5 Å². The molecule has 0 saturated carbocycles. The number of nitriles is 1. The predicted molar refractivity (Wildman–Crippen MR) is 81.9 cm³/mol. The van der Waals surface area contributed by atoms with E-state index in [1.807, 2.05) is 0 Å². The number of ether oxygens (including phenoxy) is 1. The summed E-state index contributed by atoms with van der Waals surface area (Å²) in [5.74, 6) is -0.0574. The molecule has 5 nitrogen and oxygen atoms in total. The molecule has 1 heterocycles. The molecule has 0 aromatic carbocycles. The zero-order valence-corrected chi connectivity index (χ0v) is 13.1. The Morgan fingerprint density at radius 2 is 2.15 bits per heavy atom. The number of nitrogens with one attached hydrogen (secondary N) is 1. The van der Waals surface area contributed by atoms with Crippen molar-refractivity contribution in [1.29, 1.82) is 5.26 Å². The van der Waals surface area contributed by atoms with E-state index in [0.29, 0.717) is 21.4 Å². The molecular weight excluding hydrogens is 274 g/mol. The van der Waals surface area contributed by atoms with Crippen molar-refractivity contribution >= 4 is 28.0 Å². The van der Waals surface area contributed by atoms with Crippen molar-refractivity contribution in [1.82, 2.24) is 0 Å². The molecule has 0 fully saturated rings. The van der Waals surface area contributed by atoms with Crippen molar-refractivity contribution in [3.8, 4) is 6.07 Å². The summed E-state index contributed by atoms with van der Waals surface area (Å²) in [6.45, 7) is 8.31. The molecule has 0 spiro atoms. The highest BCUT2D eigenvalue weighted by Gasteiger charge is 2.23. The second-order valence-corrected chi connectivity index (χ2v) is 5.80. The second-order valence-electron chi connectivity index (χ2n) is 4.78. The van der Waals surface area contributed by atoms with Crippen LogP contribution in [0.1, 0.15) is 49.4 Å². The molecule has 0 aliphatic rings. The Hall–Kier alpha value is -1.74. The van der Waals surface area contributed by atoms with E-state index in [-0.39, 0.29) is 18.3 Å². The number of rotatable bonds is 6. The Morgan fingerprint density at radius 1 is 1.50 bits per heavy atom. The van der Waals surface area contributed by atoms with Crippen LogP contribution >= 0.6 is 11.3 Å². The van der Waals surface area contributed by atoms with Crippen LogP contribution in [0.5, 0.6) is 0 Å². The fraction of sp³-hybridized carbons (Fsp3) is 0.571. The van der Waals surface area contributed by atoms with Crippen molar-refractivity contribution in [2.75, 3.05) is 17.7 Å². The van der Waals surface area contributed by atoms with E-state index in [0.717, 1.165) is 6.42 Å². The van der Waals surface area contributed by atoms with E-state index < -0.39 is 5.97 Å². The summed E-state index contributed by atoms with van der Waals surface area (Å²) in [7, 11) is 0. The first-order valence-corrected chi connectivity index (χ1v) is 7.53. The molecule has 1 aromatic heterocycles. The van der Waals surface area contributed by atoms with Crippen LogP contribution in [0.2, 0.25) is 0 Å². The van der Waals surface area contributed by atoms with Gasteiger partial charge >= 0.3 is 5.97 Å². The average Bonchev–Trinajstić information content (AvgIpc) is 2.72. The normalized spacial score (nSPS) is 12.0. The molecule has 0 aliphatic heterocycles. The first kappa shape index (κ1) is 16.3. The summed E-state index contributed by atoms with van der Waals surface area (Å²) in [6.07, 6.45) is 0.926. The molecular formula is C14H21N3O2S. The van der Waals surface area contributed by atoms with Gasteiger partial charge in [0.2, 0.25) is 0 Å². The summed E-state index contributed by atoms with van der Waals surface area (Å²) in [4.78, 5) is 12.1. The van der Waals surface area contributed by atoms with E-state index in [1.54, 1.807) is 6.92 Å². The molecule has 0 radical (unpaired) electrons. The Morgan fingerprint density at radius 3 is 2.60 bits per heavy atom. The minimum absolute atomic E-state index is 0.206. The van der Waals surface area contributed by atoms with Gasteiger partial charge in [0.05, 0.1) is 12.3 Å². The predicted octanol–water partition coefficient (Wildman–Crippen LogP) is 3.23. The number of nitrogen functional groups attached to an aromatic ring is 1. The van der Waals surface area contributed by atoms with Gasteiger partial charge in [-0.3, -0.25) is 0 Å². The van der Waals surface area contributed by atoms with Gasteiger partial charge in [-0.2, -0.15) is 5.26 Å². The van der Waals surface area contributed by atoms with Gasteiger partial charge in [-0.25, -0.2) is 4.79 Å². The summed E-state index contributed by atoms with van der Waals surface area (Å²) in [5, 5.41) is 13.2. The number of thiophene rings is 1. The lowest BCUT2D eigenvalue weighted by atomic mass is 10.0. The van der Waals surface area contributed by atoms with Crippen molar-refractivity contribution in [3.63, 3.8) is 0 Å². The summed E-state index contributed by atoms with van der Waals surface area (Å²) in [6, 6.07) is 2.30. The fourth-order valence-electron chi connectivity index (χ4n) is 1.91. The van der Waals surface area contributed by atoms with Gasteiger partial charge in [0, 0.05) is 6.04 Å². The van der Waals surface area contributed by atoms with Crippen molar-refractivity contribution in [2.24, 2.45) is 5.92 Å². The van der Waals surface area contributed by atoms with Gasteiger partial charge < -0.3 is 15.8 Å². The highest BCUT2D eigenvalue weighted by Crippen LogP contribution is 2.36. The highest BCUT2D eigenvalue weighted by molar-refractivity contribution is 7.18.